The first kappa shape index (κ1) is 20.2. The van der Waals surface area contributed by atoms with E-state index in [1.165, 1.54) is 0 Å². The number of phenols is 1. The lowest BCUT2D eigenvalue weighted by atomic mass is 10.0. The van der Waals surface area contributed by atoms with Crippen LogP contribution < -0.4 is 14.4 Å². The highest BCUT2D eigenvalue weighted by Crippen LogP contribution is 2.43. The molecule has 1 aromatic heterocycles. The fraction of sp³-hybridized carbons (Fsp3) is 0.292. The number of benzene rings is 2. The van der Waals surface area contributed by atoms with Crippen LogP contribution in [0.2, 0.25) is 0 Å². The van der Waals surface area contributed by atoms with E-state index in [1.54, 1.807) is 6.07 Å². The Hall–Kier alpha value is -2.77. The molecule has 0 spiro atoms. The van der Waals surface area contributed by atoms with Crippen LogP contribution in [0.25, 0.3) is 22.4 Å². The molecule has 160 valence electrons. The fourth-order valence-electron chi connectivity index (χ4n) is 4.21. The number of halogens is 1. The van der Waals surface area contributed by atoms with E-state index >= 15 is 0 Å². The summed E-state index contributed by atoms with van der Waals surface area (Å²) >= 11 is 3.51. The van der Waals surface area contributed by atoms with Gasteiger partial charge >= 0.3 is 0 Å². The minimum absolute atomic E-state index is 0.198. The van der Waals surface area contributed by atoms with Gasteiger partial charge in [0.15, 0.2) is 11.5 Å². The lowest BCUT2D eigenvalue weighted by molar-refractivity contribution is 0.174. The van der Waals surface area contributed by atoms with Crippen LogP contribution in [0.1, 0.15) is 6.42 Å². The van der Waals surface area contributed by atoms with E-state index in [0.29, 0.717) is 11.6 Å². The number of hydrogen-bond donors (Lipinski definition) is 1. The summed E-state index contributed by atoms with van der Waals surface area (Å²) in [6.07, 6.45) is 1.09. The van der Waals surface area contributed by atoms with Crippen LogP contribution in [0.4, 0.5) is 5.82 Å². The minimum atomic E-state index is 0.198. The highest BCUT2D eigenvalue weighted by Gasteiger charge is 2.27. The molecule has 2 aliphatic rings. The van der Waals surface area contributed by atoms with Crippen molar-refractivity contribution in [2.45, 2.75) is 12.5 Å². The number of likely N-dealkylation sites (N-methyl/N-ethyl adjacent to an activating group) is 1. The highest BCUT2D eigenvalue weighted by molar-refractivity contribution is 9.10. The van der Waals surface area contributed by atoms with Crippen LogP contribution >= 0.6 is 15.9 Å². The lowest BCUT2D eigenvalue weighted by Crippen LogP contribution is -2.31. The number of para-hydroxylation sites is 1. The maximum Gasteiger partial charge on any atom is 0.231 e. The van der Waals surface area contributed by atoms with Crippen molar-refractivity contribution >= 4 is 21.7 Å². The van der Waals surface area contributed by atoms with Crippen LogP contribution in [0.5, 0.6) is 17.2 Å². The fourth-order valence-corrected chi connectivity index (χ4v) is 4.57. The molecule has 0 aliphatic carbocycles. The van der Waals surface area contributed by atoms with Gasteiger partial charge in [-0.25, -0.2) is 4.98 Å². The van der Waals surface area contributed by atoms with Gasteiger partial charge in [0.05, 0.1) is 5.69 Å². The SMILES string of the molecule is CN(C)C1CCN(c2cc(-c3cccc4c3OCO4)cc(-c3cc(Br)ccc3O)n2)C1. The van der Waals surface area contributed by atoms with Crippen molar-refractivity contribution in [2.24, 2.45) is 0 Å². The number of nitrogens with zero attached hydrogens (tertiary/aromatic N) is 3. The van der Waals surface area contributed by atoms with E-state index in [9.17, 15) is 5.11 Å². The minimum Gasteiger partial charge on any atom is -0.507 e. The van der Waals surface area contributed by atoms with Crippen molar-refractivity contribution in [3.8, 4) is 39.6 Å². The van der Waals surface area contributed by atoms with Gasteiger partial charge in [-0.2, -0.15) is 0 Å². The van der Waals surface area contributed by atoms with Gasteiger partial charge in [0.25, 0.3) is 0 Å². The molecule has 1 saturated heterocycles. The maximum absolute atomic E-state index is 10.6. The topological polar surface area (TPSA) is 58.1 Å². The standard InChI is InChI=1S/C24H24BrN3O3/c1-27(2)17-8-9-28(13-17)23-11-15(18-4-3-5-22-24(18)31-14-30-22)10-20(26-23)19-12-16(25)6-7-21(19)29/h3-7,10-12,17,29H,8-9,13-14H2,1-2H3. The number of fused-ring (bicyclic) bond motifs is 1. The third-order valence-corrected chi connectivity index (χ3v) is 6.46. The summed E-state index contributed by atoms with van der Waals surface area (Å²) in [5.74, 6) is 2.59. The van der Waals surface area contributed by atoms with Gasteiger partial charge in [-0.3, -0.25) is 0 Å². The first-order chi connectivity index (χ1) is 15.0. The van der Waals surface area contributed by atoms with Crippen molar-refractivity contribution in [2.75, 3.05) is 38.9 Å². The summed E-state index contributed by atoms with van der Waals surface area (Å²) in [6, 6.07) is 15.9. The average Bonchev–Trinajstić information content (AvgIpc) is 3.44. The zero-order chi connectivity index (χ0) is 21.5. The van der Waals surface area contributed by atoms with E-state index < -0.39 is 0 Å². The zero-order valence-corrected chi connectivity index (χ0v) is 19.1. The van der Waals surface area contributed by atoms with Gasteiger partial charge < -0.3 is 24.4 Å². The molecule has 1 atom stereocenters. The first-order valence-corrected chi connectivity index (χ1v) is 11.1. The largest absolute Gasteiger partial charge is 0.507 e. The summed E-state index contributed by atoms with van der Waals surface area (Å²) in [5, 5.41) is 10.6. The molecule has 2 aliphatic heterocycles. The molecule has 7 heteroatoms. The van der Waals surface area contributed by atoms with E-state index in [-0.39, 0.29) is 12.5 Å². The molecule has 3 heterocycles. The second-order valence-corrected chi connectivity index (χ2v) is 9.07. The summed E-state index contributed by atoms with van der Waals surface area (Å²) in [7, 11) is 4.24. The second-order valence-electron chi connectivity index (χ2n) is 8.15. The zero-order valence-electron chi connectivity index (χ0n) is 17.5. The predicted molar refractivity (Wildman–Crippen MR) is 125 cm³/mol. The Bertz CT molecular complexity index is 1140. The molecule has 1 unspecified atom stereocenters. The number of aromatic hydroxyl groups is 1. The van der Waals surface area contributed by atoms with Crippen molar-refractivity contribution in [1.29, 1.82) is 0 Å². The van der Waals surface area contributed by atoms with Crippen LogP contribution in [0.3, 0.4) is 0 Å². The Balaban J connectivity index is 1.65. The van der Waals surface area contributed by atoms with Crippen LogP contribution in [0, 0.1) is 0 Å². The monoisotopic (exact) mass is 481 g/mol. The summed E-state index contributed by atoms with van der Waals surface area (Å²) < 4.78 is 12.2. The smallest absolute Gasteiger partial charge is 0.231 e. The molecular formula is C24H24BrN3O3. The van der Waals surface area contributed by atoms with Gasteiger partial charge in [-0.05, 0) is 62.5 Å². The third-order valence-electron chi connectivity index (χ3n) is 5.97. The molecule has 0 amide bonds. The van der Waals surface area contributed by atoms with Gasteiger partial charge in [0.1, 0.15) is 11.6 Å². The number of hydrogen-bond acceptors (Lipinski definition) is 6. The molecular weight excluding hydrogens is 458 g/mol. The van der Waals surface area contributed by atoms with Crippen LogP contribution in [0.15, 0.2) is 53.0 Å². The van der Waals surface area contributed by atoms with E-state index in [4.69, 9.17) is 14.5 Å². The summed E-state index contributed by atoms with van der Waals surface area (Å²) in [6.45, 7) is 2.08. The number of ether oxygens (including phenoxy) is 2. The van der Waals surface area contributed by atoms with E-state index in [1.807, 2.05) is 36.4 Å². The molecule has 3 aromatic rings. The van der Waals surface area contributed by atoms with Gasteiger partial charge in [-0.1, -0.05) is 28.1 Å². The highest BCUT2D eigenvalue weighted by atomic mass is 79.9. The van der Waals surface area contributed by atoms with Crippen molar-refractivity contribution in [3.05, 3.63) is 53.0 Å². The van der Waals surface area contributed by atoms with Crippen molar-refractivity contribution in [3.63, 3.8) is 0 Å². The van der Waals surface area contributed by atoms with Gasteiger partial charge in [0.2, 0.25) is 6.79 Å². The average molecular weight is 482 g/mol. The van der Waals surface area contributed by atoms with E-state index in [0.717, 1.165) is 58.1 Å². The number of aromatic nitrogens is 1. The molecule has 6 nitrogen and oxygen atoms in total. The predicted octanol–water partition coefficient (Wildman–Crippen LogP) is 4.75. The normalized spacial score (nSPS) is 17.5. The Morgan fingerprint density at radius 2 is 1.97 bits per heavy atom. The van der Waals surface area contributed by atoms with Crippen molar-refractivity contribution in [1.82, 2.24) is 9.88 Å². The van der Waals surface area contributed by atoms with Crippen LogP contribution in [-0.2, 0) is 0 Å². The molecule has 1 N–H and O–H groups in total. The molecule has 31 heavy (non-hydrogen) atoms. The Labute approximate surface area is 190 Å². The third kappa shape index (κ3) is 3.83. The maximum atomic E-state index is 10.6. The molecule has 0 radical (unpaired) electrons. The summed E-state index contributed by atoms with van der Waals surface area (Å²) in [4.78, 5) is 9.53. The Morgan fingerprint density at radius 1 is 1.10 bits per heavy atom. The molecule has 1 fully saturated rings. The first-order valence-electron chi connectivity index (χ1n) is 10.3. The molecule has 2 aromatic carbocycles. The van der Waals surface area contributed by atoms with Crippen LogP contribution in [-0.4, -0.2) is 55.0 Å². The number of rotatable bonds is 4. The van der Waals surface area contributed by atoms with Crippen molar-refractivity contribution < 1.29 is 14.6 Å². The lowest BCUT2D eigenvalue weighted by Gasteiger charge is -2.22. The van der Waals surface area contributed by atoms with Gasteiger partial charge in [0, 0.05) is 34.7 Å². The Kier molecular flexibility index (Phi) is 5.24. The summed E-state index contributed by atoms with van der Waals surface area (Å²) in [5.41, 5.74) is 3.34. The second kappa shape index (κ2) is 8.05. The van der Waals surface area contributed by atoms with Gasteiger partial charge in [-0.15, -0.1) is 0 Å². The molecule has 5 rings (SSSR count). The quantitative estimate of drug-likeness (QED) is 0.579. The molecule has 0 saturated carbocycles. The number of pyridine rings is 1. The molecule has 0 bridgehead atoms. The number of phenolic OH excluding ortho intramolecular Hbond substituents is 1. The van der Waals surface area contributed by atoms with E-state index in [2.05, 4.69) is 45.9 Å². The Morgan fingerprint density at radius 3 is 2.77 bits per heavy atom. The number of anilines is 1.